The van der Waals surface area contributed by atoms with Gasteiger partial charge in [-0.05, 0) is 30.7 Å². The zero-order chi connectivity index (χ0) is 14.0. The summed E-state index contributed by atoms with van der Waals surface area (Å²) in [6.07, 6.45) is 0. The highest BCUT2D eigenvalue weighted by Crippen LogP contribution is 2.32. The van der Waals surface area contributed by atoms with Gasteiger partial charge < -0.3 is 10.5 Å². The van der Waals surface area contributed by atoms with Crippen LogP contribution < -0.4 is 15.6 Å². The summed E-state index contributed by atoms with van der Waals surface area (Å²) in [6, 6.07) is 11.8. The lowest BCUT2D eigenvalue weighted by molar-refractivity contribution is 0.479. The molecule has 0 spiro atoms. The number of nitrogen functional groups attached to an aromatic ring is 1. The van der Waals surface area contributed by atoms with E-state index in [4.69, 9.17) is 15.6 Å². The summed E-state index contributed by atoms with van der Waals surface area (Å²) in [4.78, 5) is -0.140. The van der Waals surface area contributed by atoms with Gasteiger partial charge in [0.15, 0.2) is 5.75 Å². The van der Waals surface area contributed by atoms with E-state index in [2.05, 4.69) is 0 Å². The number of anilines is 1. The van der Waals surface area contributed by atoms with Crippen LogP contribution in [-0.2, 0) is 10.0 Å². The van der Waals surface area contributed by atoms with E-state index in [1.165, 1.54) is 12.1 Å². The summed E-state index contributed by atoms with van der Waals surface area (Å²) < 4.78 is 28.4. The average molecular weight is 278 g/mol. The SMILES string of the molecule is Cc1ccccc1Oc1cccc(S(N)(=O)=O)c1N. The van der Waals surface area contributed by atoms with Crippen LogP contribution in [0.15, 0.2) is 47.4 Å². The largest absolute Gasteiger partial charge is 0.455 e. The summed E-state index contributed by atoms with van der Waals surface area (Å²) in [5.41, 5.74) is 6.71. The van der Waals surface area contributed by atoms with Gasteiger partial charge in [-0.1, -0.05) is 24.3 Å². The zero-order valence-corrected chi connectivity index (χ0v) is 11.1. The number of aryl methyl sites for hydroxylation is 1. The number of para-hydroxylation sites is 2. The van der Waals surface area contributed by atoms with Crippen molar-refractivity contribution in [3.05, 3.63) is 48.0 Å². The number of sulfonamides is 1. The first-order valence-electron chi connectivity index (χ1n) is 5.54. The lowest BCUT2D eigenvalue weighted by Crippen LogP contribution is -2.14. The predicted octanol–water partition coefficient (Wildman–Crippen LogP) is 2.02. The third-order valence-corrected chi connectivity index (χ3v) is 3.62. The molecule has 0 radical (unpaired) electrons. The van der Waals surface area contributed by atoms with Crippen LogP contribution >= 0.6 is 0 Å². The smallest absolute Gasteiger partial charge is 0.240 e. The van der Waals surface area contributed by atoms with Crippen LogP contribution in [-0.4, -0.2) is 8.42 Å². The third-order valence-electron chi connectivity index (χ3n) is 2.65. The predicted molar refractivity (Wildman–Crippen MR) is 73.5 cm³/mol. The van der Waals surface area contributed by atoms with Gasteiger partial charge in [0.05, 0.1) is 5.69 Å². The Morgan fingerprint density at radius 3 is 2.26 bits per heavy atom. The van der Waals surface area contributed by atoms with E-state index in [0.717, 1.165) is 5.56 Å². The molecule has 0 aliphatic carbocycles. The van der Waals surface area contributed by atoms with Gasteiger partial charge in [0, 0.05) is 0 Å². The van der Waals surface area contributed by atoms with Gasteiger partial charge in [0.1, 0.15) is 10.6 Å². The first-order valence-corrected chi connectivity index (χ1v) is 7.09. The molecule has 0 fully saturated rings. The second-order valence-electron chi connectivity index (χ2n) is 4.08. The third kappa shape index (κ3) is 2.86. The van der Waals surface area contributed by atoms with Crippen molar-refractivity contribution in [1.29, 1.82) is 0 Å². The molecule has 6 heteroatoms. The zero-order valence-electron chi connectivity index (χ0n) is 10.3. The van der Waals surface area contributed by atoms with Crippen molar-refractivity contribution in [3.8, 4) is 11.5 Å². The summed E-state index contributed by atoms with van der Waals surface area (Å²) in [5, 5.41) is 5.09. The van der Waals surface area contributed by atoms with Crippen LogP contribution in [0.3, 0.4) is 0 Å². The Morgan fingerprint density at radius 1 is 1.00 bits per heavy atom. The van der Waals surface area contributed by atoms with E-state index in [9.17, 15) is 8.42 Å². The van der Waals surface area contributed by atoms with Crippen molar-refractivity contribution >= 4 is 15.7 Å². The minimum absolute atomic E-state index is 0.00764. The first kappa shape index (κ1) is 13.4. The van der Waals surface area contributed by atoms with E-state index < -0.39 is 10.0 Å². The molecule has 4 N–H and O–H groups in total. The summed E-state index contributed by atoms with van der Waals surface area (Å²) >= 11 is 0. The second-order valence-corrected chi connectivity index (χ2v) is 5.61. The summed E-state index contributed by atoms with van der Waals surface area (Å²) in [7, 11) is -3.86. The van der Waals surface area contributed by atoms with E-state index >= 15 is 0 Å². The Hall–Kier alpha value is -2.05. The lowest BCUT2D eigenvalue weighted by Gasteiger charge is -2.12. The number of benzene rings is 2. The van der Waals surface area contributed by atoms with Crippen molar-refractivity contribution in [2.45, 2.75) is 11.8 Å². The van der Waals surface area contributed by atoms with Crippen LogP contribution in [0.5, 0.6) is 11.5 Å². The van der Waals surface area contributed by atoms with E-state index in [0.29, 0.717) is 5.75 Å². The molecule has 0 aromatic heterocycles. The molecule has 19 heavy (non-hydrogen) atoms. The van der Waals surface area contributed by atoms with Crippen LogP contribution in [0.4, 0.5) is 5.69 Å². The Morgan fingerprint density at radius 2 is 1.63 bits per heavy atom. The van der Waals surface area contributed by atoms with Crippen molar-refractivity contribution in [3.63, 3.8) is 0 Å². The molecule has 2 rings (SSSR count). The van der Waals surface area contributed by atoms with Gasteiger partial charge >= 0.3 is 0 Å². The quantitative estimate of drug-likeness (QED) is 0.839. The van der Waals surface area contributed by atoms with Crippen molar-refractivity contribution in [2.24, 2.45) is 5.14 Å². The maximum atomic E-state index is 11.4. The Kier molecular flexibility index (Phi) is 3.46. The van der Waals surface area contributed by atoms with Gasteiger partial charge in [0.25, 0.3) is 0 Å². The number of ether oxygens (including phenoxy) is 1. The highest BCUT2D eigenvalue weighted by atomic mass is 32.2. The Labute approximate surface area is 111 Å². The minimum Gasteiger partial charge on any atom is -0.455 e. The maximum absolute atomic E-state index is 11.4. The van der Waals surface area contributed by atoms with Crippen LogP contribution in [0.1, 0.15) is 5.56 Å². The van der Waals surface area contributed by atoms with Crippen LogP contribution in [0.25, 0.3) is 0 Å². The number of hydrogen-bond acceptors (Lipinski definition) is 4. The molecule has 2 aromatic rings. The van der Waals surface area contributed by atoms with E-state index in [1.807, 2.05) is 25.1 Å². The van der Waals surface area contributed by atoms with Crippen LogP contribution in [0, 0.1) is 6.92 Å². The van der Waals surface area contributed by atoms with Gasteiger partial charge in [-0.2, -0.15) is 0 Å². The monoisotopic (exact) mass is 278 g/mol. The number of primary sulfonamides is 1. The standard InChI is InChI=1S/C13H14N2O3S/c1-9-5-2-3-6-10(9)18-11-7-4-8-12(13(11)14)19(15,16)17/h2-8H,14H2,1H3,(H2,15,16,17). The fourth-order valence-electron chi connectivity index (χ4n) is 1.65. The Balaban J connectivity index is 2.46. The molecule has 0 saturated heterocycles. The molecule has 0 aliphatic heterocycles. The van der Waals surface area contributed by atoms with Gasteiger partial charge in [0.2, 0.25) is 10.0 Å². The lowest BCUT2D eigenvalue weighted by atomic mass is 10.2. The number of rotatable bonds is 3. The number of hydrogen-bond donors (Lipinski definition) is 2. The molecule has 5 nitrogen and oxygen atoms in total. The fourth-order valence-corrected chi connectivity index (χ4v) is 2.33. The molecule has 0 atom stereocenters. The second kappa shape index (κ2) is 4.91. The minimum atomic E-state index is -3.86. The highest BCUT2D eigenvalue weighted by Gasteiger charge is 2.16. The van der Waals surface area contributed by atoms with Crippen molar-refractivity contribution in [2.75, 3.05) is 5.73 Å². The Bertz CT molecular complexity index is 712. The maximum Gasteiger partial charge on any atom is 0.240 e. The van der Waals surface area contributed by atoms with E-state index in [1.54, 1.807) is 12.1 Å². The normalized spacial score (nSPS) is 11.3. The van der Waals surface area contributed by atoms with Gasteiger partial charge in [-0.25, -0.2) is 13.6 Å². The molecule has 0 saturated carbocycles. The molecule has 0 amide bonds. The highest BCUT2D eigenvalue weighted by molar-refractivity contribution is 7.89. The molecule has 0 heterocycles. The van der Waals surface area contributed by atoms with Gasteiger partial charge in [-0.15, -0.1) is 0 Å². The van der Waals surface area contributed by atoms with Gasteiger partial charge in [-0.3, -0.25) is 0 Å². The molecule has 100 valence electrons. The first-order chi connectivity index (χ1) is 8.89. The van der Waals surface area contributed by atoms with Crippen LogP contribution in [0.2, 0.25) is 0 Å². The van der Waals surface area contributed by atoms with E-state index in [-0.39, 0.29) is 16.3 Å². The van der Waals surface area contributed by atoms with Crippen molar-refractivity contribution < 1.29 is 13.2 Å². The fraction of sp³-hybridized carbons (Fsp3) is 0.0769. The summed E-state index contributed by atoms with van der Waals surface area (Å²) in [5.74, 6) is 0.876. The topological polar surface area (TPSA) is 95.4 Å². The molecule has 0 aliphatic rings. The summed E-state index contributed by atoms with van der Waals surface area (Å²) in [6.45, 7) is 1.88. The molecular formula is C13H14N2O3S. The number of nitrogens with two attached hydrogens (primary N) is 2. The van der Waals surface area contributed by atoms with Crippen molar-refractivity contribution in [1.82, 2.24) is 0 Å². The molecule has 0 bridgehead atoms. The average Bonchev–Trinajstić information content (AvgIpc) is 2.33. The molecule has 0 unspecified atom stereocenters. The molecule has 2 aromatic carbocycles. The molecular weight excluding hydrogens is 264 g/mol.